The minimum Gasteiger partial charge on any atom is -0.390 e. The highest BCUT2D eigenvalue weighted by Gasteiger charge is 2.26. The van der Waals surface area contributed by atoms with E-state index in [-0.39, 0.29) is 6.10 Å². The predicted octanol–water partition coefficient (Wildman–Crippen LogP) is 5.02. The van der Waals surface area contributed by atoms with Gasteiger partial charge in [0.2, 0.25) is 0 Å². The quantitative estimate of drug-likeness (QED) is 0.506. The van der Waals surface area contributed by atoms with E-state index < -0.39 is 6.10 Å². The predicted molar refractivity (Wildman–Crippen MR) is 126 cm³/mol. The Bertz CT molecular complexity index is 875. The van der Waals surface area contributed by atoms with E-state index in [0.29, 0.717) is 55.2 Å². The maximum Gasteiger partial charge on any atom is 0.145 e. The van der Waals surface area contributed by atoms with Gasteiger partial charge in [0, 0.05) is 48.3 Å². The van der Waals surface area contributed by atoms with Crippen molar-refractivity contribution in [2.24, 2.45) is 11.1 Å². The molecule has 0 spiro atoms. The first-order valence-electron chi connectivity index (χ1n) is 10.6. The van der Waals surface area contributed by atoms with Crippen LogP contribution in [-0.4, -0.2) is 54.2 Å². The number of benzene rings is 2. The Balaban J connectivity index is 1.61. The molecule has 0 bridgehead atoms. The monoisotopic (exact) mass is 464 g/mol. The van der Waals surface area contributed by atoms with Crippen molar-refractivity contribution in [2.75, 3.05) is 26.3 Å². The van der Waals surface area contributed by atoms with Gasteiger partial charge in [-0.15, -0.1) is 0 Å². The van der Waals surface area contributed by atoms with Crippen LogP contribution >= 0.6 is 23.2 Å². The van der Waals surface area contributed by atoms with Crippen LogP contribution in [0.5, 0.6) is 0 Å². The molecule has 7 heteroatoms. The van der Waals surface area contributed by atoms with Crippen LogP contribution in [0.1, 0.15) is 31.4 Å². The number of aliphatic hydroxyl groups is 1. The van der Waals surface area contributed by atoms with Crippen LogP contribution in [0.25, 0.3) is 0 Å². The molecule has 1 N–H and O–H groups in total. The van der Waals surface area contributed by atoms with Crippen LogP contribution in [0.15, 0.2) is 53.7 Å². The zero-order valence-corrected chi connectivity index (χ0v) is 19.5. The fraction of sp³-hybridized carbons (Fsp3) is 0.458. The van der Waals surface area contributed by atoms with Gasteiger partial charge in [0.15, 0.2) is 0 Å². The summed E-state index contributed by atoms with van der Waals surface area (Å²) in [4.78, 5) is 7.87. The number of oxime groups is 1. The van der Waals surface area contributed by atoms with E-state index in [1.165, 1.54) is 0 Å². The molecule has 3 rings (SSSR count). The number of rotatable bonds is 11. The number of aliphatic hydroxyl groups excluding tert-OH is 1. The number of ether oxygens (including phenoxy) is 1. The van der Waals surface area contributed by atoms with Gasteiger partial charge in [-0.25, -0.2) is 0 Å². The fourth-order valence-corrected chi connectivity index (χ4v) is 4.01. The van der Waals surface area contributed by atoms with Crippen molar-refractivity contribution in [3.8, 4) is 0 Å². The molecule has 0 aliphatic carbocycles. The average molecular weight is 465 g/mol. The van der Waals surface area contributed by atoms with E-state index in [1.807, 2.05) is 48.5 Å². The minimum absolute atomic E-state index is 0.116. The van der Waals surface area contributed by atoms with Crippen molar-refractivity contribution in [1.29, 1.82) is 0 Å². The van der Waals surface area contributed by atoms with Crippen LogP contribution in [0.3, 0.4) is 0 Å². The number of nitrogens with zero attached hydrogens (tertiary/aromatic N) is 2. The molecule has 0 fully saturated rings. The standard InChI is InChI=1S/C24H30Cl2N2O3/c1-17(2)15-30-16-20(29)13-28(12-18-6-5-7-19(25)10-18)14-21-11-24(27-31-21)22-8-3-4-9-23(22)26/h3-10,17,20-21,29H,11-16H2,1-2H3/t20-,21-/m0/s1. The van der Waals surface area contributed by atoms with E-state index >= 15 is 0 Å². The van der Waals surface area contributed by atoms with Gasteiger partial charge in [-0.3, -0.25) is 4.90 Å². The second kappa shape index (κ2) is 11.8. The minimum atomic E-state index is -0.594. The van der Waals surface area contributed by atoms with Crippen molar-refractivity contribution in [2.45, 2.75) is 39.0 Å². The van der Waals surface area contributed by atoms with Gasteiger partial charge >= 0.3 is 0 Å². The zero-order valence-electron chi connectivity index (χ0n) is 18.0. The van der Waals surface area contributed by atoms with Crippen molar-refractivity contribution >= 4 is 28.9 Å². The summed E-state index contributed by atoms with van der Waals surface area (Å²) < 4.78 is 5.62. The summed E-state index contributed by atoms with van der Waals surface area (Å²) in [5.74, 6) is 0.432. The molecule has 2 aromatic carbocycles. The number of halogens is 2. The summed E-state index contributed by atoms with van der Waals surface area (Å²) in [5.41, 5.74) is 2.82. The Kier molecular flexibility index (Phi) is 9.17. The molecule has 168 valence electrons. The Labute approximate surface area is 194 Å². The van der Waals surface area contributed by atoms with E-state index in [9.17, 15) is 5.11 Å². The third kappa shape index (κ3) is 7.78. The van der Waals surface area contributed by atoms with Gasteiger partial charge < -0.3 is 14.7 Å². The van der Waals surface area contributed by atoms with Gasteiger partial charge in [-0.2, -0.15) is 0 Å². The molecule has 2 atom stereocenters. The Morgan fingerprint density at radius 1 is 1.16 bits per heavy atom. The van der Waals surface area contributed by atoms with Crippen LogP contribution in [0.4, 0.5) is 0 Å². The molecule has 0 saturated carbocycles. The molecule has 0 aromatic heterocycles. The second-order valence-corrected chi connectivity index (χ2v) is 9.20. The molecular formula is C24H30Cl2N2O3. The third-order valence-corrected chi connectivity index (χ3v) is 5.47. The molecule has 1 aliphatic rings. The maximum absolute atomic E-state index is 10.5. The summed E-state index contributed by atoms with van der Waals surface area (Å²) >= 11 is 12.5. The lowest BCUT2D eigenvalue weighted by atomic mass is 10.0. The number of hydrogen-bond donors (Lipinski definition) is 1. The van der Waals surface area contributed by atoms with Crippen molar-refractivity contribution < 1.29 is 14.7 Å². The second-order valence-electron chi connectivity index (χ2n) is 8.36. The highest BCUT2D eigenvalue weighted by molar-refractivity contribution is 6.34. The van der Waals surface area contributed by atoms with Crippen LogP contribution < -0.4 is 0 Å². The summed E-state index contributed by atoms with van der Waals surface area (Å²) in [5, 5.41) is 16.2. The van der Waals surface area contributed by atoms with E-state index in [4.69, 9.17) is 32.8 Å². The Hall–Kier alpha value is -1.63. The summed E-state index contributed by atoms with van der Waals surface area (Å²) in [6.45, 7) is 6.83. The first-order chi connectivity index (χ1) is 14.9. The molecule has 0 unspecified atom stereocenters. The van der Waals surface area contributed by atoms with Gasteiger partial charge in [-0.05, 0) is 29.7 Å². The molecule has 1 heterocycles. The van der Waals surface area contributed by atoms with Crippen LogP contribution in [0, 0.1) is 5.92 Å². The third-order valence-electron chi connectivity index (χ3n) is 4.91. The SMILES string of the molecule is CC(C)COC[C@@H](O)CN(Cc1cccc(Cl)c1)C[C@@H]1CC(c2ccccc2Cl)=NO1. The summed E-state index contributed by atoms with van der Waals surface area (Å²) in [6.07, 6.45) is -0.0482. The van der Waals surface area contributed by atoms with Crippen molar-refractivity contribution in [1.82, 2.24) is 4.90 Å². The lowest BCUT2D eigenvalue weighted by molar-refractivity contribution is -0.00734. The van der Waals surface area contributed by atoms with E-state index in [1.54, 1.807) is 0 Å². The first-order valence-corrected chi connectivity index (χ1v) is 11.4. The fourth-order valence-electron chi connectivity index (χ4n) is 3.56. The van der Waals surface area contributed by atoms with Gasteiger partial charge in [0.1, 0.15) is 6.10 Å². The molecule has 0 saturated heterocycles. The molecule has 2 aromatic rings. The lowest BCUT2D eigenvalue weighted by Gasteiger charge is -2.27. The lowest BCUT2D eigenvalue weighted by Crippen LogP contribution is -2.39. The average Bonchev–Trinajstić information content (AvgIpc) is 3.16. The zero-order chi connectivity index (χ0) is 22.2. The Morgan fingerprint density at radius 2 is 1.97 bits per heavy atom. The molecule has 0 radical (unpaired) electrons. The smallest absolute Gasteiger partial charge is 0.145 e. The highest BCUT2D eigenvalue weighted by atomic mass is 35.5. The van der Waals surface area contributed by atoms with Gasteiger partial charge in [-0.1, -0.05) is 72.5 Å². The van der Waals surface area contributed by atoms with Crippen molar-refractivity contribution in [3.05, 3.63) is 69.7 Å². The molecule has 1 aliphatic heterocycles. The maximum atomic E-state index is 10.5. The van der Waals surface area contributed by atoms with E-state index in [2.05, 4.69) is 23.9 Å². The Morgan fingerprint density at radius 3 is 2.71 bits per heavy atom. The molecule has 5 nitrogen and oxygen atoms in total. The highest BCUT2D eigenvalue weighted by Crippen LogP contribution is 2.24. The van der Waals surface area contributed by atoms with Gasteiger partial charge in [0.25, 0.3) is 0 Å². The van der Waals surface area contributed by atoms with E-state index in [0.717, 1.165) is 16.8 Å². The molecule has 0 amide bonds. The largest absolute Gasteiger partial charge is 0.390 e. The van der Waals surface area contributed by atoms with Crippen molar-refractivity contribution in [3.63, 3.8) is 0 Å². The topological polar surface area (TPSA) is 54.3 Å². The summed E-state index contributed by atoms with van der Waals surface area (Å²) in [7, 11) is 0. The molecule has 31 heavy (non-hydrogen) atoms. The van der Waals surface area contributed by atoms with Gasteiger partial charge in [0.05, 0.1) is 18.4 Å². The summed E-state index contributed by atoms with van der Waals surface area (Å²) in [6, 6.07) is 15.4. The molecular weight excluding hydrogens is 435 g/mol. The normalized spacial score (nSPS) is 17.1. The van der Waals surface area contributed by atoms with Crippen LogP contribution in [0.2, 0.25) is 10.0 Å². The van der Waals surface area contributed by atoms with Crippen LogP contribution in [-0.2, 0) is 16.1 Å². The first kappa shape index (κ1) is 24.0. The number of hydrogen-bond acceptors (Lipinski definition) is 5.